The molecule has 0 aromatic carbocycles. The van der Waals surface area contributed by atoms with Gasteiger partial charge in [0.15, 0.2) is 11.1 Å². The highest BCUT2D eigenvalue weighted by atomic mass is 32.1. The van der Waals surface area contributed by atoms with Crippen molar-refractivity contribution in [3.05, 3.63) is 23.7 Å². The molecule has 0 radical (unpaired) electrons. The number of rotatable bonds is 7. The van der Waals surface area contributed by atoms with Gasteiger partial charge in [0, 0.05) is 64.2 Å². The minimum Gasteiger partial charge on any atom is -0.356 e. The van der Waals surface area contributed by atoms with Crippen molar-refractivity contribution in [2.75, 3.05) is 51.2 Å². The zero-order chi connectivity index (χ0) is 18.2. The van der Waals surface area contributed by atoms with E-state index in [1.165, 1.54) is 23.7 Å². The Morgan fingerprint density at radius 3 is 2.81 bits per heavy atom. The molecule has 2 fully saturated rings. The van der Waals surface area contributed by atoms with E-state index in [9.17, 15) is 0 Å². The van der Waals surface area contributed by atoms with Crippen LogP contribution in [0, 0.1) is 0 Å². The number of piperidine rings is 1. The molecule has 0 amide bonds. The van der Waals surface area contributed by atoms with E-state index in [0.717, 1.165) is 64.5 Å². The lowest BCUT2D eigenvalue weighted by Crippen LogP contribution is -2.49. The second-order valence-corrected chi connectivity index (χ2v) is 7.91. The van der Waals surface area contributed by atoms with Crippen LogP contribution >= 0.6 is 11.3 Å². The molecule has 7 heteroatoms. The maximum Gasteiger partial charge on any atom is 0.191 e. The summed E-state index contributed by atoms with van der Waals surface area (Å²) in [6.45, 7) is 10.2. The number of nitrogens with one attached hydrogen (secondary N) is 2. The standard InChI is InChI=1S/C19H32N6S/c1-3-10-24-13-7-16(8-14-24)22-18(20-2)21-9-6-17-15-26-19(23-17)25-11-4-5-12-25/h3,15-16H,1,4-14H2,2H3,(H2,20,21,22). The summed E-state index contributed by atoms with van der Waals surface area (Å²) < 4.78 is 0. The van der Waals surface area contributed by atoms with E-state index in [1.807, 2.05) is 13.1 Å². The first-order valence-electron chi connectivity index (χ1n) is 9.78. The van der Waals surface area contributed by atoms with Crippen molar-refractivity contribution in [1.29, 1.82) is 0 Å². The third-order valence-electron chi connectivity index (χ3n) is 5.13. The lowest BCUT2D eigenvalue weighted by atomic mass is 10.1. The van der Waals surface area contributed by atoms with Crippen LogP contribution in [0.5, 0.6) is 0 Å². The summed E-state index contributed by atoms with van der Waals surface area (Å²) in [7, 11) is 1.84. The summed E-state index contributed by atoms with van der Waals surface area (Å²) >= 11 is 1.77. The van der Waals surface area contributed by atoms with Gasteiger partial charge in [-0.25, -0.2) is 4.98 Å². The molecule has 6 nitrogen and oxygen atoms in total. The number of likely N-dealkylation sites (tertiary alicyclic amines) is 1. The Labute approximate surface area is 161 Å². The van der Waals surface area contributed by atoms with Gasteiger partial charge in [0.2, 0.25) is 0 Å². The lowest BCUT2D eigenvalue weighted by Gasteiger charge is -2.32. The Balaban J connectivity index is 1.37. The highest BCUT2D eigenvalue weighted by molar-refractivity contribution is 7.13. The highest BCUT2D eigenvalue weighted by Crippen LogP contribution is 2.24. The molecular formula is C19H32N6S. The molecule has 2 aliphatic heterocycles. The fraction of sp³-hybridized carbons (Fsp3) is 0.684. The van der Waals surface area contributed by atoms with Crippen LogP contribution in [0.1, 0.15) is 31.4 Å². The molecule has 0 aliphatic carbocycles. The van der Waals surface area contributed by atoms with Crippen LogP contribution in [0.15, 0.2) is 23.0 Å². The number of hydrogen-bond donors (Lipinski definition) is 2. The quantitative estimate of drug-likeness (QED) is 0.434. The largest absolute Gasteiger partial charge is 0.356 e. The summed E-state index contributed by atoms with van der Waals surface area (Å²) in [5.41, 5.74) is 1.18. The van der Waals surface area contributed by atoms with Crippen LogP contribution in [0.4, 0.5) is 5.13 Å². The molecule has 0 spiro atoms. The molecule has 0 bridgehead atoms. The van der Waals surface area contributed by atoms with Crippen molar-refractivity contribution in [3.8, 4) is 0 Å². The molecule has 144 valence electrons. The van der Waals surface area contributed by atoms with Crippen LogP contribution in [0.25, 0.3) is 0 Å². The van der Waals surface area contributed by atoms with Crippen molar-refractivity contribution in [2.45, 2.75) is 38.1 Å². The molecule has 26 heavy (non-hydrogen) atoms. The second-order valence-electron chi connectivity index (χ2n) is 7.07. The Kier molecular flexibility index (Phi) is 7.32. The van der Waals surface area contributed by atoms with E-state index in [2.05, 4.69) is 37.4 Å². The maximum atomic E-state index is 4.79. The highest BCUT2D eigenvalue weighted by Gasteiger charge is 2.19. The van der Waals surface area contributed by atoms with Crippen LogP contribution < -0.4 is 15.5 Å². The Morgan fingerprint density at radius 2 is 2.12 bits per heavy atom. The summed E-state index contributed by atoms with van der Waals surface area (Å²) in [6, 6.07) is 0.503. The van der Waals surface area contributed by atoms with Gasteiger partial charge < -0.3 is 15.5 Å². The minimum absolute atomic E-state index is 0.503. The fourth-order valence-electron chi connectivity index (χ4n) is 3.60. The van der Waals surface area contributed by atoms with Gasteiger partial charge in [-0.15, -0.1) is 17.9 Å². The molecule has 2 saturated heterocycles. The van der Waals surface area contributed by atoms with Gasteiger partial charge in [0.25, 0.3) is 0 Å². The zero-order valence-electron chi connectivity index (χ0n) is 15.9. The molecule has 1 aromatic heterocycles. The summed E-state index contributed by atoms with van der Waals surface area (Å²) in [6.07, 6.45) is 7.82. The SMILES string of the molecule is C=CCN1CCC(NC(=NC)NCCc2csc(N3CCCC3)n2)CC1. The average Bonchev–Trinajstić information content (AvgIpc) is 3.34. The summed E-state index contributed by atoms with van der Waals surface area (Å²) in [5.74, 6) is 0.905. The van der Waals surface area contributed by atoms with Gasteiger partial charge in [-0.2, -0.15) is 0 Å². The van der Waals surface area contributed by atoms with Crippen molar-refractivity contribution in [3.63, 3.8) is 0 Å². The first-order chi connectivity index (χ1) is 12.8. The van der Waals surface area contributed by atoms with Crippen LogP contribution in [0.3, 0.4) is 0 Å². The maximum absolute atomic E-state index is 4.79. The molecular weight excluding hydrogens is 344 g/mol. The summed E-state index contributed by atoms with van der Waals surface area (Å²) in [5, 5.41) is 10.4. The number of thiazole rings is 1. The smallest absolute Gasteiger partial charge is 0.191 e. The van der Waals surface area contributed by atoms with E-state index >= 15 is 0 Å². The molecule has 3 heterocycles. The molecule has 3 rings (SSSR count). The van der Waals surface area contributed by atoms with Crippen LogP contribution in [-0.2, 0) is 6.42 Å². The predicted octanol–water partition coefficient (Wildman–Crippen LogP) is 2.10. The van der Waals surface area contributed by atoms with Gasteiger partial charge in [-0.1, -0.05) is 6.08 Å². The van der Waals surface area contributed by atoms with Crippen LogP contribution in [-0.4, -0.2) is 68.2 Å². The lowest BCUT2D eigenvalue weighted by molar-refractivity contribution is 0.225. The van der Waals surface area contributed by atoms with Crippen molar-refractivity contribution in [2.24, 2.45) is 4.99 Å². The van der Waals surface area contributed by atoms with Gasteiger partial charge in [0.05, 0.1) is 5.69 Å². The van der Waals surface area contributed by atoms with Crippen molar-refractivity contribution < 1.29 is 0 Å². The molecule has 0 unspecified atom stereocenters. The molecule has 0 saturated carbocycles. The van der Waals surface area contributed by atoms with Gasteiger partial charge in [0.1, 0.15) is 0 Å². The molecule has 2 aliphatic rings. The van der Waals surface area contributed by atoms with Crippen LogP contribution in [0.2, 0.25) is 0 Å². The third-order valence-corrected chi connectivity index (χ3v) is 6.08. The van der Waals surface area contributed by atoms with E-state index in [4.69, 9.17) is 4.98 Å². The number of hydrogen-bond acceptors (Lipinski definition) is 5. The minimum atomic E-state index is 0.503. The zero-order valence-corrected chi connectivity index (χ0v) is 16.7. The number of aromatic nitrogens is 1. The van der Waals surface area contributed by atoms with Gasteiger partial charge in [-0.3, -0.25) is 9.89 Å². The Morgan fingerprint density at radius 1 is 1.35 bits per heavy atom. The van der Waals surface area contributed by atoms with Crippen molar-refractivity contribution in [1.82, 2.24) is 20.5 Å². The third kappa shape index (κ3) is 5.45. The van der Waals surface area contributed by atoms with Gasteiger partial charge >= 0.3 is 0 Å². The normalized spacial score (nSPS) is 19.7. The van der Waals surface area contributed by atoms with Gasteiger partial charge in [-0.05, 0) is 25.7 Å². The molecule has 0 atom stereocenters. The first kappa shape index (κ1) is 19.2. The Hall–Kier alpha value is -1.60. The monoisotopic (exact) mass is 376 g/mol. The predicted molar refractivity (Wildman–Crippen MR) is 111 cm³/mol. The van der Waals surface area contributed by atoms with E-state index < -0.39 is 0 Å². The first-order valence-corrected chi connectivity index (χ1v) is 10.7. The number of anilines is 1. The van der Waals surface area contributed by atoms with E-state index in [1.54, 1.807) is 11.3 Å². The summed E-state index contributed by atoms with van der Waals surface area (Å²) in [4.78, 5) is 14.0. The van der Waals surface area contributed by atoms with E-state index in [-0.39, 0.29) is 0 Å². The topological polar surface area (TPSA) is 55.8 Å². The number of aliphatic imine (C=N–C) groups is 1. The average molecular weight is 377 g/mol. The second kappa shape index (κ2) is 9.92. The molecule has 2 N–H and O–H groups in total. The van der Waals surface area contributed by atoms with Crippen molar-refractivity contribution >= 4 is 22.4 Å². The van der Waals surface area contributed by atoms with E-state index in [0.29, 0.717) is 6.04 Å². The Bertz CT molecular complexity index is 585. The fourth-order valence-corrected chi connectivity index (χ4v) is 4.52. The number of guanidine groups is 1. The number of nitrogens with zero attached hydrogens (tertiary/aromatic N) is 4. The molecule has 1 aromatic rings.